The van der Waals surface area contributed by atoms with Crippen LogP contribution in [-0.2, 0) is 6.18 Å². The molecular formula is C14H16F3NO. The van der Waals surface area contributed by atoms with E-state index in [4.69, 9.17) is 0 Å². The Morgan fingerprint density at radius 3 is 2.53 bits per heavy atom. The summed E-state index contributed by atoms with van der Waals surface area (Å²) >= 11 is 0. The zero-order valence-electron chi connectivity index (χ0n) is 10.7. The van der Waals surface area contributed by atoms with Gasteiger partial charge < -0.3 is 4.90 Å². The molecule has 0 bridgehead atoms. The molecule has 0 amide bonds. The molecule has 0 saturated heterocycles. The van der Waals surface area contributed by atoms with E-state index in [0.29, 0.717) is 12.8 Å². The van der Waals surface area contributed by atoms with Crippen molar-refractivity contribution in [2.45, 2.75) is 38.4 Å². The van der Waals surface area contributed by atoms with Gasteiger partial charge in [0.25, 0.3) is 0 Å². The smallest absolute Gasteiger partial charge is 0.368 e. The molecule has 0 heterocycles. The van der Waals surface area contributed by atoms with Gasteiger partial charge in [0.05, 0.1) is 5.56 Å². The highest BCUT2D eigenvalue weighted by molar-refractivity contribution is 5.77. The van der Waals surface area contributed by atoms with Gasteiger partial charge in [-0.25, -0.2) is 0 Å². The van der Waals surface area contributed by atoms with Crippen molar-refractivity contribution < 1.29 is 18.0 Å². The predicted octanol–water partition coefficient (Wildman–Crippen LogP) is 3.90. The van der Waals surface area contributed by atoms with Crippen molar-refractivity contribution in [3.8, 4) is 0 Å². The first-order valence-electron chi connectivity index (χ1n) is 6.40. The fourth-order valence-electron chi connectivity index (χ4n) is 2.23. The van der Waals surface area contributed by atoms with Crippen molar-refractivity contribution in [1.82, 2.24) is 0 Å². The lowest BCUT2D eigenvalue weighted by molar-refractivity contribution is -0.137. The zero-order chi connectivity index (χ0) is 14.0. The number of hydrogen-bond acceptors (Lipinski definition) is 2. The van der Waals surface area contributed by atoms with Crippen LogP contribution in [0.15, 0.2) is 18.2 Å². The van der Waals surface area contributed by atoms with Crippen LogP contribution < -0.4 is 4.90 Å². The molecule has 5 heteroatoms. The summed E-state index contributed by atoms with van der Waals surface area (Å²) in [6, 6.07) is 4.01. The lowest BCUT2D eigenvalue weighted by Gasteiger charge is -2.27. The van der Waals surface area contributed by atoms with Crippen LogP contribution in [0.5, 0.6) is 0 Å². The number of carbonyl (C=O) groups excluding carboxylic acids is 1. The van der Waals surface area contributed by atoms with Crippen molar-refractivity contribution in [2.75, 3.05) is 11.4 Å². The average Bonchev–Trinajstić information content (AvgIpc) is 3.18. The Balaban J connectivity index is 2.45. The molecule has 0 N–H and O–H groups in total. The van der Waals surface area contributed by atoms with Gasteiger partial charge in [0.2, 0.25) is 0 Å². The SMILES string of the molecule is CCCN(c1ccc(C=O)cc1C(F)(F)F)C1CC1. The second kappa shape index (κ2) is 5.23. The number of anilines is 1. The molecule has 0 aromatic heterocycles. The van der Waals surface area contributed by atoms with E-state index in [0.717, 1.165) is 25.3 Å². The van der Waals surface area contributed by atoms with E-state index >= 15 is 0 Å². The normalized spacial score (nSPS) is 15.4. The highest BCUT2D eigenvalue weighted by atomic mass is 19.4. The fourth-order valence-corrected chi connectivity index (χ4v) is 2.23. The zero-order valence-corrected chi connectivity index (χ0v) is 10.7. The fraction of sp³-hybridized carbons (Fsp3) is 0.500. The number of rotatable bonds is 5. The maximum absolute atomic E-state index is 13.1. The molecule has 0 unspecified atom stereocenters. The first kappa shape index (κ1) is 13.9. The second-order valence-electron chi connectivity index (χ2n) is 4.82. The van der Waals surface area contributed by atoms with Crippen LogP contribution in [-0.4, -0.2) is 18.9 Å². The third-order valence-corrected chi connectivity index (χ3v) is 3.22. The van der Waals surface area contributed by atoms with Gasteiger partial charge in [-0.2, -0.15) is 13.2 Å². The number of nitrogens with zero attached hydrogens (tertiary/aromatic N) is 1. The van der Waals surface area contributed by atoms with Crippen LogP contribution >= 0.6 is 0 Å². The highest BCUT2D eigenvalue weighted by Gasteiger charge is 2.38. The topological polar surface area (TPSA) is 20.3 Å². The largest absolute Gasteiger partial charge is 0.418 e. The first-order valence-corrected chi connectivity index (χ1v) is 6.40. The Hall–Kier alpha value is -1.52. The molecular weight excluding hydrogens is 255 g/mol. The lowest BCUT2D eigenvalue weighted by atomic mass is 10.1. The molecule has 2 nitrogen and oxygen atoms in total. The summed E-state index contributed by atoms with van der Waals surface area (Å²) < 4.78 is 39.3. The summed E-state index contributed by atoms with van der Waals surface area (Å²) in [5, 5.41) is 0. The van der Waals surface area contributed by atoms with E-state index in [2.05, 4.69) is 0 Å². The van der Waals surface area contributed by atoms with Gasteiger partial charge in [-0.15, -0.1) is 0 Å². The van der Waals surface area contributed by atoms with Crippen LogP contribution in [0.2, 0.25) is 0 Å². The number of aldehydes is 1. The minimum Gasteiger partial charge on any atom is -0.368 e. The van der Waals surface area contributed by atoms with E-state index < -0.39 is 11.7 Å². The molecule has 0 spiro atoms. The molecule has 1 aromatic rings. The number of alkyl halides is 3. The van der Waals surface area contributed by atoms with Gasteiger partial charge in [-0.3, -0.25) is 4.79 Å². The van der Waals surface area contributed by atoms with Gasteiger partial charge in [0, 0.05) is 23.8 Å². The number of halogens is 3. The Labute approximate surface area is 110 Å². The summed E-state index contributed by atoms with van der Waals surface area (Å²) in [6.07, 6.45) is -1.32. The number of benzene rings is 1. The summed E-state index contributed by atoms with van der Waals surface area (Å²) in [7, 11) is 0. The molecule has 0 radical (unpaired) electrons. The number of carbonyl (C=O) groups is 1. The Morgan fingerprint density at radius 1 is 1.37 bits per heavy atom. The van der Waals surface area contributed by atoms with Crippen LogP contribution in [0.4, 0.5) is 18.9 Å². The Kier molecular flexibility index (Phi) is 3.83. The molecule has 104 valence electrons. The quantitative estimate of drug-likeness (QED) is 0.757. The third-order valence-electron chi connectivity index (χ3n) is 3.22. The van der Waals surface area contributed by atoms with Crippen molar-refractivity contribution >= 4 is 12.0 Å². The minimum atomic E-state index is -4.44. The van der Waals surface area contributed by atoms with Crippen molar-refractivity contribution in [3.63, 3.8) is 0 Å². The van der Waals surface area contributed by atoms with E-state index in [-0.39, 0.29) is 17.3 Å². The summed E-state index contributed by atoms with van der Waals surface area (Å²) in [5.74, 6) is 0. The van der Waals surface area contributed by atoms with Gasteiger partial charge in [0.1, 0.15) is 6.29 Å². The first-order chi connectivity index (χ1) is 8.97. The van der Waals surface area contributed by atoms with Gasteiger partial charge in [-0.1, -0.05) is 6.92 Å². The minimum absolute atomic E-state index is 0.0586. The Bertz CT molecular complexity index is 466. The summed E-state index contributed by atoms with van der Waals surface area (Å²) in [4.78, 5) is 12.5. The summed E-state index contributed by atoms with van der Waals surface area (Å²) in [5.41, 5.74) is -0.455. The molecule has 1 saturated carbocycles. The molecule has 2 rings (SSSR count). The molecule has 1 aliphatic rings. The number of hydrogen-bond donors (Lipinski definition) is 0. The van der Waals surface area contributed by atoms with Crippen LogP contribution in [0.3, 0.4) is 0 Å². The van der Waals surface area contributed by atoms with Crippen LogP contribution in [0.25, 0.3) is 0 Å². The predicted molar refractivity (Wildman–Crippen MR) is 67.5 cm³/mol. The van der Waals surface area contributed by atoms with Crippen molar-refractivity contribution in [1.29, 1.82) is 0 Å². The van der Waals surface area contributed by atoms with Crippen molar-refractivity contribution in [2.24, 2.45) is 0 Å². The molecule has 1 aliphatic carbocycles. The van der Waals surface area contributed by atoms with E-state index in [1.807, 2.05) is 11.8 Å². The van der Waals surface area contributed by atoms with E-state index in [9.17, 15) is 18.0 Å². The average molecular weight is 271 g/mol. The maximum Gasteiger partial charge on any atom is 0.418 e. The van der Waals surface area contributed by atoms with Gasteiger partial charge in [-0.05, 0) is 37.5 Å². The summed E-state index contributed by atoms with van der Waals surface area (Å²) in [6.45, 7) is 2.55. The third kappa shape index (κ3) is 3.08. The second-order valence-corrected chi connectivity index (χ2v) is 4.82. The molecule has 1 fully saturated rings. The highest BCUT2D eigenvalue weighted by Crippen LogP contribution is 2.41. The molecule has 1 aromatic carbocycles. The monoisotopic (exact) mass is 271 g/mol. The van der Waals surface area contributed by atoms with Crippen molar-refractivity contribution in [3.05, 3.63) is 29.3 Å². The lowest BCUT2D eigenvalue weighted by Crippen LogP contribution is -2.29. The van der Waals surface area contributed by atoms with Crippen LogP contribution in [0.1, 0.15) is 42.1 Å². The Morgan fingerprint density at radius 2 is 2.05 bits per heavy atom. The van der Waals surface area contributed by atoms with E-state index in [1.54, 1.807) is 0 Å². The molecule has 19 heavy (non-hydrogen) atoms. The van der Waals surface area contributed by atoms with Crippen LogP contribution in [0, 0.1) is 0 Å². The van der Waals surface area contributed by atoms with E-state index in [1.165, 1.54) is 12.1 Å². The standard InChI is InChI=1S/C14H16F3NO/c1-2-7-18(11-4-5-11)13-6-3-10(9-19)8-12(13)14(15,16)17/h3,6,8-9,11H,2,4-5,7H2,1H3. The molecule has 0 atom stereocenters. The van der Waals surface area contributed by atoms with Gasteiger partial charge >= 0.3 is 6.18 Å². The van der Waals surface area contributed by atoms with Gasteiger partial charge in [0.15, 0.2) is 0 Å². The maximum atomic E-state index is 13.1. The molecule has 0 aliphatic heterocycles.